The number of anilines is 1. The molecule has 2 aromatic carbocycles. The summed E-state index contributed by atoms with van der Waals surface area (Å²) in [5, 5.41) is 13.7. The highest BCUT2D eigenvalue weighted by Crippen LogP contribution is 2.30. The van der Waals surface area contributed by atoms with Crippen molar-refractivity contribution >= 4 is 16.6 Å². The Balaban J connectivity index is 1.34. The van der Waals surface area contributed by atoms with Gasteiger partial charge in [0.25, 0.3) is 5.56 Å². The number of fused-ring (bicyclic) bond motifs is 1. The molecule has 0 aliphatic carbocycles. The molecule has 0 bridgehead atoms. The van der Waals surface area contributed by atoms with Crippen molar-refractivity contribution in [3.05, 3.63) is 70.3 Å². The first-order valence-corrected chi connectivity index (χ1v) is 13.9. The number of H-pyrrole nitrogens is 1. The summed E-state index contributed by atoms with van der Waals surface area (Å²) >= 11 is 0. The van der Waals surface area contributed by atoms with Crippen LogP contribution in [0.1, 0.15) is 37.2 Å². The van der Waals surface area contributed by atoms with Gasteiger partial charge in [-0.05, 0) is 78.7 Å². The van der Waals surface area contributed by atoms with Gasteiger partial charge >= 0.3 is 0 Å². The van der Waals surface area contributed by atoms with Gasteiger partial charge in [0, 0.05) is 54.9 Å². The summed E-state index contributed by atoms with van der Waals surface area (Å²) in [5.74, 6) is 2.25. The number of nitrogens with zero attached hydrogens (tertiary/aromatic N) is 6. The summed E-state index contributed by atoms with van der Waals surface area (Å²) in [5.41, 5.74) is 2.37. The monoisotopic (exact) mass is 545 g/mol. The SMILES string of the molecule is CCOc1ccc2[nH]c(=O)c([C@H](c3nnnn3C[C@@H]3CCCO3)N3CCN(c4ccc(OC)cc4)CC3)cc2c1. The molecule has 4 heterocycles. The van der Waals surface area contributed by atoms with Gasteiger partial charge in [0.05, 0.1) is 26.4 Å². The fraction of sp³-hybridized carbons (Fsp3) is 0.448. The van der Waals surface area contributed by atoms with Crippen LogP contribution in [0.3, 0.4) is 0 Å². The molecule has 6 rings (SSSR count). The van der Waals surface area contributed by atoms with Crippen LogP contribution in [0.4, 0.5) is 5.69 Å². The number of tetrazole rings is 1. The van der Waals surface area contributed by atoms with Crippen LogP contribution in [-0.2, 0) is 11.3 Å². The molecule has 0 radical (unpaired) electrons. The van der Waals surface area contributed by atoms with E-state index in [1.54, 1.807) is 7.11 Å². The number of ether oxygens (including phenoxy) is 3. The van der Waals surface area contributed by atoms with Gasteiger partial charge in [0.1, 0.15) is 17.5 Å². The van der Waals surface area contributed by atoms with Gasteiger partial charge in [0.15, 0.2) is 5.82 Å². The lowest BCUT2D eigenvalue weighted by Crippen LogP contribution is -2.49. The first-order chi connectivity index (χ1) is 19.6. The molecule has 2 aliphatic heterocycles. The quantitative estimate of drug-likeness (QED) is 0.339. The van der Waals surface area contributed by atoms with Crippen molar-refractivity contribution in [3.8, 4) is 11.5 Å². The average Bonchev–Trinajstić information content (AvgIpc) is 3.67. The van der Waals surface area contributed by atoms with Crippen LogP contribution in [0.2, 0.25) is 0 Å². The Morgan fingerprint density at radius 2 is 1.88 bits per heavy atom. The molecule has 2 aliphatic rings. The first kappa shape index (κ1) is 26.3. The van der Waals surface area contributed by atoms with Crippen molar-refractivity contribution in [2.45, 2.75) is 38.5 Å². The van der Waals surface area contributed by atoms with Crippen LogP contribution in [-0.4, -0.2) is 82.7 Å². The van der Waals surface area contributed by atoms with E-state index in [4.69, 9.17) is 14.2 Å². The van der Waals surface area contributed by atoms with E-state index in [0.29, 0.717) is 24.5 Å². The predicted octanol–water partition coefficient (Wildman–Crippen LogP) is 3.01. The summed E-state index contributed by atoms with van der Waals surface area (Å²) < 4.78 is 18.7. The van der Waals surface area contributed by atoms with Gasteiger partial charge < -0.3 is 24.1 Å². The molecule has 1 N–H and O–H groups in total. The molecule has 0 unspecified atom stereocenters. The number of rotatable bonds is 9. The largest absolute Gasteiger partial charge is 0.497 e. The number of methoxy groups -OCH3 is 1. The first-order valence-electron chi connectivity index (χ1n) is 13.9. The zero-order valence-corrected chi connectivity index (χ0v) is 23.0. The molecule has 11 heteroatoms. The highest BCUT2D eigenvalue weighted by Gasteiger charge is 2.33. The van der Waals surface area contributed by atoms with Gasteiger partial charge in [0.2, 0.25) is 0 Å². The Bertz CT molecular complexity index is 1490. The third-order valence-corrected chi connectivity index (χ3v) is 7.77. The average molecular weight is 546 g/mol. The lowest BCUT2D eigenvalue weighted by atomic mass is 10.0. The van der Waals surface area contributed by atoms with Gasteiger partial charge in [-0.25, -0.2) is 4.68 Å². The molecule has 0 amide bonds. The molecule has 2 atom stereocenters. The van der Waals surface area contributed by atoms with Gasteiger partial charge in [-0.1, -0.05) is 0 Å². The maximum Gasteiger partial charge on any atom is 0.253 e. The number of benzene rings is 2. The maximum atomic E-state index is 13.6. The smallest absolute Gasteiger partial charge is 0.253 e. The van der Waals surface area contributed by atoms with E-state index in [2.05, 4.69) is 42.4 Å². The Kier molecular flexibility index (Phi) is 7.65. The molecule has 2 aromatic heterocycles. The number of pyridine rings is 1. The maximum absolute atomic E-state index is 13.6. The molecule has 40 heavy (non-hydrogen) atoms. The van der Waals surface area contributed by atoms with Crippen LogP contribution in [0.5, 0.6) is 11.5 Å². The highest BCUT2D eigenvalue weighted by atomic mass is 16.5. The number of aromatic nitrogens is 5. The highest BCUT2D eigenvalue weighted by molar-refractivity contribution is 5.80. The summed E-state index contributed by atoms with van der Waals surface area (Å²) in [7, 11) is 1.67. The second kappa shape index (κ2) is 11.6. The van der Waals surface area contributed by atoms with Gasteiger partial charge in [-0.3, -0.25) is 9.69 Å². The van der Waals surface area contributed by atoms with Crippen LogP contribution < -0.4 is 19.9 Å². The Labute approximate surface area is 232 Å². The van der Waals surface area contributed by atoms with E-state index in [9.17, 15) is 4.79 Å². The third kappa shape index (κ3) is 5.39. The number of hydrogen-bond acceptors (Lipinski definition) is 9. The van der Waals surface area contributed by atoms with E-state index < -0.39 is 6.04 Å². The number of aromatic amines is 1. The second-order valence-electron chi connectivity index (χ2n) is 10.2. The van der Waals surface area contributed by atoms with Gasteiger partial charge in [-0.15, -0.1) is 5.10 Å². The molecule has 2 saturated heterocycles. The fourth-order valence-corrected chi connectivity index (χ4v) is 5.71. The van der Waals surface area contributed by atoms with Crippen molar-refractivity contribution in [1.29, 1.82) is 0 Å². The van der Waals surface area contributed by atoms with Crippen molar-refractivity contribution in [1.82, 2.24) is 30.1 Å². The number of piperazine rings is 1. The minimum atomic E-state index is -0.418. The van der Waals surface area contributed by atoms with Crippen molar-refractivity contribution < 1.29 is 14.2 Å². The summed E-state index contributed by atoms with van der Waals surface area (Å²) in [6.45, 7) is 6.92. The third-order valence-electron chi connectivity index (χ3n) is 7.77. The molecule has 0 saturated carbocycles. The van der Waals surface area contributed by atoms with Crippen LogP contribution in [0.15, 0.2) is 53.3 Å². The Morgan fingerprint density at radius 3 is 2.60 bits per heavy atom. The van der Waals surface area contributed by atoms with E-state index in [0.717, 1.165) is 73.7 Å². The Morgan fingerprint density at radius 1 is 1.07 bits per heavy atom. The van der Waals surface area contributed by atoms with E-state index >= 15 is 0 Å². The number of nitrogens with one attached hydrogen (secondary N) is 1. The molecule has 2 fully saturated rings. The Hall–Kier alpha value is -3.96. The van der Waals surface area contributed by atoms with Crippen LogP contribution in [0, 0.1) is 0 Å². The van der Waals surface area contributed by atoms with E-state index in [-0.39, 0.29) is 11.7 Å². The molecule has 4 aromatic rings. The summed E-state index contributed by atoms with van der Waals surface area (Å²) in [4.78, 5) is 21.3. The summed E-state index contributed by atoms with van der Waals surface area (Å²) in [6.07, 6.45) is 2.07. The minimum Gasteiger partial charge on any atom is -0.497 e. The number of hydrogen-bond donors (Lipinski definition) is 1. The molecule has 210 valence electrons. The molecular weight excluding hydrogens is 510 g/mol. The zero-order valence-electron chi connectivity index (χ0n) is 23.0. The van der Waals surface area contributed by atoms with Crippen molar-refractivity contribution in [3.63, 3.8) is 0 Å². The molecule has 0 spiro atoms. The lowest BCUT2D eigenvalue weighted by molar-refractivity contribution is 0.0906. The van der Waals surface area contributed by atoms with Gasteiger partial charge in [-0.2, -0.15) is 0 Å². The summed E-state index contributed by atoms with van der Waals surface area (Å²) in [6, 6.07) is 15.4. The normalized spacial score (nSPS) is 18.8. The van der Waals surface area contributed by atoms with Crippen LogP contribution >= 0.6 is 0 Å². The molecular formula is C29H35N7O4. The predicted molar refractivity (Wildman–Crippen MR) is 151 cm³/mol. The van der Waals surface area contributed by atoms with Crippen molar-refractivity contribution in [2.75, 3.05) is 51.4 Å². The molecule has 11 nitrogen and oxygen atoms in total. The minimum absolute atomic E-state index is 0.0680. The fourth-order valence-electron chi connectivity index (χ4n) is 5.71. The van der Waals surface area contributed by atoms with E-state index in [1.807, 2.05) is 48.0 Å². The topological polar surface area (TPSA) is 111 Å². The lowest BCUT2D eigenvalue weighted by Gasteiger charge is -2.39. The van der Waals surface area contributed by atoms with Crippen LogP contribution in [0.25, 0.3) is 10.9 Å². The standard InChI is InChI=1S/C29H35N7O4/c1-3-39-23-10-11-26-20(17-23)18-25(29(37)30-26)27(28-31-32-33-36(28)19-24-5-4-16-40-24)35-14-12-34(13-15-35)21-6-8-22(38-2)9-7-21/h6-11,17-18,24,27H,3-5,12-16,19H2,1-2H3,(H,30,37)/t24-,27+/m0/s1. The second-order valence-corrected chi connectivity index (χ2v) is 10.2. The van der Waals surface area contributed by atoms with E-state index in [1.165, 1.54) is 0 Å². The zero-order chi connectivity index (χ0) is 27.5. The van der Waals surface area contributed by atoms with Crippen molar-refractivity contribution in [2.24, 2.45) is 0 Å².